The van der Waals surface area contributed by atoms with Gasteiger partial charge in [0.1, 0.15) is 48.8 Å². The normalized spacial score (nSPS) is 53.1. The van der Waals surface area contributed by atoms with E-state index in [2.05, 4.69) is 54.5 Å². The van der Waals surface area contributed by atoms with Crippen LogP contribution in [-0.2, 0) is 23.7 Å². The lowest BCUT2D eigenvalue weighted by Gasteiger charge is -2.71. The maximum atomic E-state index is 14.8. The molecule has 2 heterocycles. The van der Waals surface area contributed by atoms with Crippen molar-refractivity contribution in [1.29, 1.82) is 0 Å². The molecule has 13 nitrogen and oxygen atoms in total. The van der Waals surface area contributed by atoms with Crippen molar-refractivity contribution in [2.24, 2.45) is 50.2 Å². The minimum absolute atomic E-state index is 0.00451. The number of aliphatic hydroxyl groups is 8. The molecular weight excluding hydrogens is 712 g/mol. The molecule has 7 rings (SSSR count). The van der Waals surface area contributed by atoms with Gasteiger partial charge in [0, 0.05) is 0 Å². The van der Waals surface area contributed by atoms with E-state index in [0.29, 0.717) is 24.7 Å². The summed E-state index contributed by atoms with van der Waals surface area (Å²) >= 11 is 0. The van der Waals surface area contributed by atoms with Crippen molar-refractivity contribution in [3.05, 3.63) is 11.6 Å². The van der Waals surface area contributed by atoms with Crippen molar-refractivity contribution in [1.82, 2.24) is 0 Å². The summed E-state index contributed by atoms with van der Waals surface area (Å²) in [5.41, 5.74) is 0.212. The topological polar surface area (TPSA) is 216 Å². The first kappa shape index (κ1) is 41.9. The number of carbonyl (C=O) groups is 1. The molecule has 8 N–H and O–H groups in total. The average molecular weight is 781 g/mol. The smallest absolute Gasteiger partial charge is 0.315 e. The maximum Gasteiger partial charge on any atom is 0.315 e. The lowest BCUT2D eigenvalue weighted by Crippen LogP contribution is -2.65. The van der Waals surface area contributed by atoms with Crippen LogP contribution < -0.4 is 0 Å². The number of aliphatic hydroxyl groups excluding tert-OH is 8. The minimum atomic E-state index is -1.76. The fraction of sp³-hybridized carbons (Fsp3) is 0.929. The fourth-order valence-corrected chi connectivity index (χ4v) is 13.4. The maximum absolute atomic E-state index is 14.8. The summed E-state index contributed by atoms with van der Waals surface area (Å²) in [6.45, 7) is 15.3. The van der Waals surface area contributed by atoms with Crippen LogP contribution in [-0.4, -0.2) is 128 Å². The number of fused-ring (bicyclic) bond motifs is 7. The first-order valence-electron chi connectivity index (χ1n) is 20.8. The molecule has 0 spiro atoms. The third-order valence-electron chi connectivity index (χ3n) is 17.2. The average Bonchev–Trinajstić information content (AvgIpc) is 3.12. The summed E-state index contributed by atoms with van der Waals surface area (Å²) in [6.07, 6.45) is -5.21. The van der Waals surface area contributed by atoms with E-state index < -0.39 is 86.0 Å². The minimum Gasteiger partial charge on any atom is -0.432 e. The molecule has 0 bridgehead atoms. The molecule has 18 atom stereocenters. The highest BCUT2D eigenvalue weighted by molar-refractivity contribution is 5.79. The third-order valence-corrected chi connectivity index (χ3v) is 17.2. The van der Waals surface area contributed by atoms with Gasteiger partial charge in [-0.3, -0.25) is 4.79 Å². The van der Waals surface area contributed by atoms with E-state index in [1.54, 1.807) is 0 Å². The molecule has 4 saturated carbocycles. The Morgan fingerprint density at radius 3 is 2.02 bits per heavy atom. The standard InChI is InChI=1S/C42H68O13/c1-37(2)14-16-42(36(51)55-35-33(50)31(48)29(46)24(54-35)20-52-34-32(49)30(47)28(45)23(19-43)53-34)17-15-40(6)21(22(42)18-37)8-9-26-39(5)12-11-27(44)38(3,4)25(39)10-13-41(26,40)7/h8,22-35,43-50H,9-20H2,1-7H3/t22-,23+,24+,25?,26?,27-,28+,29+,30-,31-,32+,33+,34+,35-,39-,40+,41+,42-/m0/s1. The number of hydrogen-bond acceptors (Lipinski definition) is 13. The van der Waals surface area contributed by atoms with Gasteiger partial charge in [0.15, 0.2) is 6.29 Å². The van der Waals surface area contributed by atoms with Crippen molar-refractivity contribution < 1.29 is 64.6 Å². The van der Waals surface area contributed by atoms with Crippen molar-refractivity contribution in [2.75, 3.05) is 13.2 Å². The van der Waals surface area contributed by atoms with Gasteiger partial charge < -0.3 is 59.8 Å². The predicted molar refractivity (Wildman–Crippen MR) is 198 cm³/mol. The van der Waals surface area contributed by atoms with Gasteiger partial charge in [-0.2, -0.15) is 0 Å². The van der Waals surface area contributed by atoms with E-state index in [-0.39, 0.29) is 39.1 Å². The van der Waals surface area contributed by atoms with Gasteiger partial charge in [0.05, 0.1) is 24.7 Å². The second-order valence-corrected chi connectivity index (χ2v) is 20.7. The molecule has 2 aliphatic heterocycles. The van der Waals surface area contributed by atoms with Gasteiger partial charge in [-0.25, -0.2) is 0 Å². The summed E-state index contributed by atoms with van der Waals surface area (Å²) in [4.78, 5) is 14.8. The monoisotopic (exact) mass is 780 g/mol. The summed E-state index contributed by atoms with van der Waals surface area (Å²) in [5, 5.41) is 84.2. The number of carbonyl (C=O) groups excluding carboxylic acids is 1. The van der Waals surface area contributed by atoms with Crippen LogP contribution in [0.4, 0.5) is 0 Å². The quantitative estimate of drug-likeness (QED) is 0.144. The van der Waals surface area contributed by atoms with E-state index in [1.165, 1.54) is 5.57 Å². The van der Waals surface area contributed by atoms with Crippen LogP contribution >= 0.6 is 0 Å². The number of allylic oxidation sites excluding steroid dienone is 2. The molecule has 2 unspecified atom stereocenters. The Labute approximate surface area is 325 Å². The molecule has 13 heteroatoms. The summed E-state index contributed by atoms with van der Waals surface area (Å²) in [6, 6.07) is 0. The summed E-state index contributed by atoms with van der Waals surface area (Å²) in [7, 11) is 0. The van der Waals surface area contributed by atoms with Gasteiger partial charge in [0.2, 0.25) is 6.29 Å². The Bertz CT molecular complexity index is 1480. The van der Waals surface area contributed by atoms with Crippen LogP contribution in [0.1, 0.15) is 113 Å². The van der Waals surface area contributed by atoms with Gasteiger partial charge in [-0.1, -0.05) is 60.1 Å². The molecule has 0 aromatic carbocycles. The fourth-order valence-electron chi connectivity index (χ4n) is 13.4. The Kier molecular flexibility index (Phi) is 10.8. The molecule has 55 heavy (non-hydrogen) atoms. The molecule has 0 amide bonds. The molecule has 314 valence electrons. The first-order valence-corrected chi connectivity index (χ1v) is 20.8. The van der Waals surface area contributed by atoms with Crippen LogP contribution in [0, 0.1) is 50.2 Å². The van der Waals surface area contributed by atoms with E-state index in [1.807, 2.05) is 0 Å². The van der Waals surface area contributed by atoms with Crippen molar-refractivity contribution in [2.45, 2.75) is 180 Å². The highest BCUT2D eigenvalue weighted by Crippen LogP contribution is 2.76. The zero-order valence-electron chi connectivity index (χ0n) is 33.8. The van der Waals surface area contributed by atoms with Gasteiger partial charge in [-0.05, 0) is 109 Å². The number of hydrogen-bond donors (Lipinski definition) is 8. The highest BCUT2D eigenvalue weighted by Gasteiger charge is 2.69. The first-order chi connectivity index (χ1) is 25.6. The third kappa shape index (κ3) is 6.31. The molecule has 5 aliphatic carbocycles. The number of ether oxygens (including phenoxy) is 4. The Balaban J connectivity index is 1.13. The lowest BCUT2D eigenvalue weighted by molar-refractivity contribution is -0.328. The van der Waals surface area contributed by atoms with Crippen molar-refractivity contribution in [3.8, 4) is 0 Å². The zero-order valence-corrected chi connectivity index (χ0v) is 33.8. The Morgan fingerprint density at radius 1 is 0.727 bits per heavy atom. The van der Waals surface area contributed by atoms with Gasteiger partial charge in [0.25, 0.3) is 0 Å². The largest absolute Gasteiger partial charge is 0.432 e. The van der Waals surface area contributed by atoms with E-state index in [9.17, 15) is 45.6 Å². The van der Waals surface area contributed by atoms with Crippen LogP contribution in [0.2, 0.25) is 0 Å². The zero-order chi connectivity index (χ0) is 40.3. The van der Waals surface area contributed by atoms with Crippen LogP contribution in [0.25, 0.3) is 0 Å². The summed E-state index contributed by atoms with van der Waals surface area (Å²) in [5.74, 6) is 0.269. The molecule has 0 radical (unpaired) electrons. The molecule has 6 fully saturated rings. The summed E-state index contributed by atoms with van der Waals surface area (Å²) < 4.78 is 23.0. The molecule has 2 saturated heterocycles. The van der Waals surface area contributed by atoms with E-state index in [4.69, 9.17) is 18.9 Å². The van der Waals surface area contributed by atoms with Crippen molar-refractivity contribution in [3.63, 3.8) is 0 Å². The van der Waals surface area contributed by atoms with Crippen LogP contribution in [0.3, 0.4) is 0 Å². The molecule has 7 aliphatic rings. The number of esters is 1. The van der Waals surface area contributed by atoms with Crippen LogP contribution in [0.5, 0.6) is 0 Å². The second-order valence-electron chi connectivity index (χ2n) is 20.7. The molecule has 0 aromatic heterocycles. The Morgan fingerprint density at radius 2 is 1.35 bits per heavy atom. The highest BCUT2D eigenvalue weighted by atomic mass is 16.7. The second kappa shape index (κ2) is 14.2. The molecule has 0 aromatic rings. The predicted octanol–water partition coefficient (Wildman–Crippen LogP) is 2.32. The van der Waals surface area contributed by atoms with Crippen LogP contribution in [0.15, 0.2) is 11.6 Å². The SMILES string of the molecule is CC1(C)CC[C@]2(C(=O)O[C@@H]3O[C@H](CO[C@@H]4O[C@H](CO)[C@@H](O)[C@H](O)[C@H]4O)[C@@H](O)[C@H](O)[C@H]3O)CC[C@]3(C)C(=CCC4[C@@]5(C)CC[C@H](O)C(C)(C)C5CC[C@]43C)[C@@H]2C1. The van der Waals surface area contributed by atoms with E-state index in [0.717, 1.165) is 51.4 Å². The van der Waals surface area contributed by atoms with Gasteiger partial charge in [-0.15, -0.1) is 0 Å². The van der Waals surface area contributed by atoms with E-state index >= 15 is 0 Å². The Hall–Kier alpha value is -1.23. The lowest BCUT2D eigenvalue weighted by atomic mass is 9.33. The number of rotatable bonds is 6. The molecular formula is C42H68O13. The van der Waals surface area contributed by atoms with Gasteiger partial charge >= 0.3 is 5.97 Å². The van der Waals surface area contributed by atoms with Crippen molar-refractivity contribution >= 4 is 5.97 Å².